The van der Waals surface area contributed by atoms with E-state index in [1.54, 1.807) is 12.1 Å². The molecule has 1 aromatic rings. The lowest BCUT2D eigenvalue weighted by Gasteiger charge is -2.13. The van der Waals surface area contributed by atoms with Gasteiger partial charge in [0.1, 0.15) is 0 Å². The summed E-state index contributed by atoms with van der Waals surface area (Å²) in [6.45, 7) is 0. The van der Waals surface area contributed by atoms with Gasteiger partial charge in [-0.3, -0.25) is 14.4 Å². The van der Waals surface area contributed by atoms with Gasteiger partial charge in [0.15, 0.2) is 0 Å². The minimum Gasteiger partial charge on any atom is -0.370 e. The molecule has 2 amide bonds. The molecule has 2 rings (SSSR count). The maximum Gasteiger partial charge on any atom is 0.259 e. The van der Waals surface area contributed by atoms with Gasteiger partial charge in [0.05, 0.1) is 18.7 Å². The molecule has 1 aliphatic rings. The first kappa shape index (κ1) is 10.6. The van der Waals surface area contributed by atoms with E-state index in [1.165, 1.54) is 12.2 Å². The molecule has 1 atom stereocenters. The van der Waals surface area contributed by atoms with Crippen LogP contribution in [0.3, 0.4) is 0 Å². The maximum atomic E-state index is 11.9. The number of carbonyl (C=O) groups is 2. The predicted molar refractivity (Wildman–Crippen MR) is 57.5 cm³/mol. The highest BCUT2D eigenvalue weighted by Crippen LogP contribution is 2.38. The molecule has 84 valence electrons. The first-order valence-electron chi connectivity index (χ1n) is 4.90. The van der Waals surface area contributed by atoms with Crippen LogP contribution in [0.4, 0.5) is 5.69 Å². The van der Waals surface area contributed by atoms with Crippen LogP contribution in [-0.2, 0) is 14.4 Å². The van der Waals surface area contributed by atoms with Gasteiger partial charge in [0.2, 0.25) is 5.91 Å². The fourth-order valence-electron chi connectivity index (χ4n) is 1.95. The number of hydroxylamine groups is 1. The van der Waals surface area contributed by atoms with Gasteiger partial charge >= 0.3 is 0 Å². The third kappa shape index (κ3) is 1.55. The van der Waals surface area contributed by atoms with Crippen LogP contribution in [-0.4, -0.2) is 18.9 Å². The van der Waals surface area contributed by atoms with Crippen molar-refractivity contribution in [2.45, 2.75) is 12.3 Å². The lowest BCUT2D eigenvalue weighted by molar-refractivity contribution is -0.128. The van der Waals surface area contributed by atoms with E-state index in [0.717, 1.165) is 5.56 Å². The number of anilines is 1. The Labute approximate surface area is 92.7 Å². The Hall–Kier alpha value is -1.88. The van der Waals surface area contributed by atoms with Crippen LogP contribution < -0.4 is 10.8 Å². The molecule has 1 heterocycles. The monoisotopic (exact) mass is 220 g/mol. The predicted octanol–water partition coefficient (Wildman–Crippen LogP) is 0.554. The second-order valence-electron chi connectivity index (χ2n) is 3.60. The number of primary amides is 1. The smallest absolute Gasteiger partial charge is 0.259 e. The molecule has 2 N–H and O–H groups in total. The minimum absolute atomic E-state index is 0.00963. The van der Waals surface area contributed by atoms with Crippen LogP contribution in [0.1, 0.15) is 17.9 Å². The van der Waals surface area contributed by atoms with Crippen molar-refractivity contribution >= 4 is 17.5 Å². The zero-order valence-corrected chi connectivity index (χ0v) is 8.84. The fraction of sp³-hybridized carbons (Fsp3) is 0.273. The fourth-order valence-corrected chi connectivity index (χ4v) is 1.95. The van der Waals surface area contributed by atoms with Crippen molar-refractivity contribution < 1.29 is 14.4 Å². The molecule has 1 aliphatic heterocycles. The average Bonchev–Trinajstić information content (AvgIpc) is 2.52. The Kier molecular flexibility index (Phi) is 2.62. The third-order valence-electron chi connectivity index (χ3n) is 2.62. The van der Waals surface area contributed by atoms with Crippen molar-refractivity contribution in [1.82, 2.24) is 0 Å². The van der Waals surface area contributed by atoms with Gasteiger partial charge < -0.3 is 5.73 Å². The second kappa shape index (κ2) is 3.94. The van der Waals surface area contributed by atoms with E-state index in [1.807, 2.05) is 12.1 Å². The lowest BCUT2D eigenvalue weighted by Crippen LogP contribution is -2.29. The van der Waals surface area contributed by atoms with Crippen molar-refractivity contribution in [3.05, 3.63) is 29.8 Å². The zero-order valence-electron chi connectivity index (χ0n) is 8.84. The van der Waals surface area contributed by atoms with Gasteiger partial charge in [-0.2, -0.15) is 5.06 Å². The van der Waals surface area contributed by atoms with E-state index >= 15 is 0 Å². The van der Waals surface area contributed by atoms with Crippen LogP contribution in [0, 0.1) is 0 Å². The second-order valence-corrected chi connectivity index (χ2v) is 3.60. The SMILES string of the molecule is CON1C(=O)C(CC(N)=O)c2ccccc21. The lowest BCUT2D eigenvalue weighted by atomic mass is 9.97. The van der Waals surface area contributed by atoms with Gasteiger partial charge in [-0.25, -0.2) is 0 Å². The standard InChI is InChI=1S/C11H12N2O3/c1-16-13-9-5-3-2-4-7(9)8(11(13)15)6-10(12)14/h2-5,8H,6H2,1H3,(H2,12,14). The highest BCUT2D eigenvalue weighted by Gasteiger charge is 2.38. The number of rotatable bonds is 3. The van der Waals surface area contributed by atoms with E-state index in [9.17, 15) is 9.59 Å². The Bertz CT molecular complexity index is 445. The normalized spacial score (nSPS) is 18.7. The van der Waals surface area contributed by atoms with Crippen LogP contribution >= 0.6 is 0 Å². The number of nitrogens with zero attached hydrogens (tertiary/aromatic N) is 1. The number of para-hydroxylation sites is 1. The van der Waals surface area contributed by atoms with Gasteiger partial charge in [-0.15, -0.1) is 0 Å². The molecule has 0 aliphatic carbocycles. The maximum absolute atomic E-state index is 11.9. The summed E-state index contributed by atoms with van der Waals surface area (Å²) >= 11 is 0. The number of carbonyl (C=O) groups excluding carboxylic acids is 2. The van der Waals surface area contributed by atoms with Gasteiger partial charge in [0, 0.05) is 6.42 Å². The summed E-state index contributed by atoms with van der Waals surface area (Å²) in [5.74, 6) is -1.26. The van der Waals surface area contributed by atoms with Crippen molar-refractivity contribution in [2.75, 3.05) is 12.2 Å². The Morgan fingerprint density at radius 2 is 2.19 bits per heavy atom. The van der Waals surface area contributed by atoms with E-state index in [4.69, 9.17) is 10.6 Å². The number of fused-ring (bicyclic) bond motifs is 1. The molecule has 1 unspecified atom stereocenters. The van der Waals surface area contributed by atoms with Crippen LogP contribution in [0.2, 0.25) is 0 Å². The number of hydrogen-bond acceptors (Lipinski definition) is 3. The molecule has 5 heteroatoms. The molecule has 0 radical (unpaired) electrons. The molecule has 16 heavy (non-hydrogen) atoms. The van der Waals surface area contributed by atoms with Crippen molar-refractivity contribution in [3.63, 3.8) is 0 Å². The van der Waals surface area contributed by atoms with Gasteiger partial charge in [-0.05, 0) is 11.6 Å². The van der Waals surface area contributed by atoms with E-state index < -0.39 is 11.8 Å². The topological polar surface area (TPSA) is 72.6 Å². The summed E-state index contributed by atoms with van der Waals surface area (Å²) in [7, 11) is 1.42. The van der Waals surface area contributed by atoms with Gasteiger partial charge in [0.25, 0.3) is 5.91 Å². The Morgan fingerprint density at radius 3 is 2.81 bits per heavy atom. The molecule has 1 aromatic carbocycles. The third-order valence-corrected chi connectivity index (χ3v) is 2.62. The summed E-state index contributed by atoms with van der Waals surface area (Å²) in [4.78, 5) is 27.8. The summed E-state index contributed by atoms with van der Waals surface area (Å²) in [6, 6.07) is 7.21. The first-order chi connectivity index (χ1) is 7.65. The Morgan fingerprint density at radius 1 is 1.50 bits per heavy atom. The minimum atomic E-state index is -0.520. The largest absolute Gasteiger partial charge is 0.370 e. The van der Waals surface area contributed by atoms with Crippen LogP contribution in [0.15, 0.2) is 24.3 Å². The number of nitrogens with two attached hydrogens (primary N) is 1. The van der Waals surface area contributed by atoms with Crippen molar-refractivity contribution in [3.8, 4) is 0 Å². The van der Waals surface area contributed by atoms with E-state index in [2.05, 4.69) is 0 Å². The quantitative estimate of drug-likeness (QED) is 0.808. The van der Waals surface area contributed by atoms with Crippen molar-refractivity contribution in [1.29, 1.82) is 0 Å². The molecule has 0 aromatic heterocycles. The summed E-state index contributed by atoms with van der Waals surface area (Å²) in [5, 5.41) is 1.20. The Balaban J connectivity index is 2.42. The van der Waals surface area contributed by atoms with Crippen LogP contribution in [0.25, 0.3) is 0 Å². The summed E-state index contributed by atoms with van der Waals surface area (Å²) < 4.78 is 0. The molecule has 0 spiro atoms. The highest BCUT2D eigenvalue weighted by atomic mass is 16.7. The zero-order chi connectivity index (χ0) is 11.7. The molecule has 0 saturated carbocycles. The number of amides is 2. The molecule has 0 saturated heterocycles. The number of benzene rings is 1. The molecule has 0 fully saturated rings. The summed E-state index contributed by atoms with van der Waals surface area (Å²) in [6.07, 6.45) is 0.00963. The van der Waals surface area contributed by atoms with E-state index in [-0.39, 0.29) is 12.3 Å². The first-order valence-corrected chi connectivity index (χ1v) is 4.90. The molecule has 5 nitrogen and oxygen atoms in total. The van der Waals surface area contributed by atoms with Crippen molar-refractivity contribution in [2.24, 2.45) is 5.73 Å². The average molecular weight is 220 g/mol. The molecular weight excluding hydrogens is 208 g/mol. The molecule has 0 bridgehead atoms. The highest BCUT2D eigenvalue weighted by molar-refractivity contribution is 6.05. The summed E-state index contributed by atoms with van der Waals surface area (Å²) in [5.41, 5.74) is 6.60. The molecular formula is C11H12N2O3. The van der Waals surface area contributed by atoms with Crippen LogP contribution in [0.5, 0.6) is 0 Å². The van der Waals surface area contributed by atoms with E-state index in [0.29, 0.717) is 5.69 Å². The van der Waals surface area contributed by atoms with Gasteiger partial charge in [-0.1, -0.05) is 18.2 Å². The number of hydrogen-bond donors (Lipinski definition) is 1.